The summed E-state index contributed by atoms with van der Waals surface area (Å²) < 4.78 is 0. The number of aliphatic carboxylic acids is 1. The third-order valence-corrected chi connectivity index (χ3v) is 0.940. The van der Waals surface area contributed by atoms with Gasteiger partial charge in [-0.2, -0.15) is 0 Å². The van der Waals surface area contributed by atoms with E-state index in [-0.39, 0.29) is 18.9 Å². The minimum atomic E-state index is -0.833. The average Bonchev–Trinajstić information content (AvgIpc) is 1.87. The van der Waals surface area contributed by atoms with Crippen LogP contribution in [0.25, 0.3) is 0 Å². The van der Waals surface area contributed by atoms with E-state index in [9.17, 15) is 0 Å². The summed E-state index contributed by atoms with van der Waals surface area (Å²) in [6.07, 6.45) is 0. The second-order valence-electron chi connectivity index (χ2n) is 2.17. The standard InChI is InChI=1S/C7H8.C2H4O2.Li.H/c1-7-5-3-2-4-6-7;1-2(3)4;;/h2-6H,1H3;1H3,(H,3,4);;. The van der Waals surface area contributed by atoms with E-state index < -0.39 is 5.97 Å². The molecule has 0 heterocycles. The predicted octanol–water partition coefficient (Wildman–Crippen LogP) is 1.44. The quantitative estimate of drug-likeness (QED) is 0.583. The summed E-state index contributed by atoms with van der Waals surface area (Å²) in [5.41, 5.74) is 1.32. The molecule has 0 radical (unpaired) electrons. The second-order valence-corrected chi connectivity index (χ2v) is 2.17. The summed E-state index contributed by atoms with van der Waals surface area (Å²) in [6.45, 7) is 3.17. The van der Waals surface area contributed by atoms with Crippen molar-refractivity contribution in [3.8, 4) is 0 Å². The molecule has 0 saturated heterocycles. The molecule has 0 amide bonds. The van der Waals surface area contributed by atoms with E-state index in [1.165, 1.54) is 5.56 Å². The number of hydrogen-bond acceptors (Lipinski definition) is 1. The molecular formula is C9H13LiO2. The topological polar surface area (TPSA) is 37.3 Å². The minimum absolute atomic E-state index is 0. The maximum atomic E-state index is 9.00. The van der Waals surface area contributed by atoms with Gasteiger partial charge in [-0.1, -0.05) is 35.9 Å². The van der Waals surface area contributed by atoms with Crippen molar-refractivity contribution in [1.29, 1.82) is 0 Å². The van der Waals surface area contributed by atoms with E-state index in [0.717, 1.165) is 6.92 Å². The fourth-order valence-electron chi connectivity index (χ4n) is 0.534. The van der Waals surface area contributed by atoms with Crippen molar-refractivity contribution in [2.45, 2.75) is 13.8 Å². The molecule has 0 aliphatic heterocycles. The van der Waals surface area contributed by atoms with Crippen LogP contribution in [0.2, 0.25) is 0 Å². The zero-order chi connectivity index (χ0) is 8.69. The Labute approximate surface area is 84.8 Å². The van der Waals surface area contributed by atoms with Crippen LogP contribution in [-0.4, -0.2) is 29.9 Å². The molecule has 0 aliphatic rings. The molecule has 0 saturated carbocycles. The van der Waals surface area contributed by atoms with Gasteiger partial charge in [0.2, 0.25) is 0 Å². The fraction of sp³-hybridized carbons (Fsp3) is 0.222. The van der Waals surface area contributed by atoms with Gasteiger partial charge in [-0.25, -0.2) is 0 Å². The Balaban J connectivity index is 0. The van der Waals surface area contributed by atoms with E-state index in [1.807, 2.05) is 18.2 Å². The van der Waals surface area contributed by atoms with Crippen LogP contribution in [0.3, 0.4) is 0 Å². The summed E-state index contributed by atoms with van der Waals surface area (Å²) in [6, 6.07) is 10.3. The number of carboxylic acids is 1. The van der Waals surface area contributed by atoms with Gasteiger partial charge in [0.1, 0.15) is 0 Å². The van der Waals surface area contributed by atoms with Gasteiger partial charge in [-0.15, -0.1) is 0 Å². The first-order valence-electron chi connectivity index (χ1n) is 3.34. The average molecular weight is 160 g/mol. The van der Waals surface area contributed by atoms with E-state index in [4.69, 9.17) is 9.90 Å². The SMILES string of the molecule is CC(=O)O.Cc1ccccc1.[LiH]. The number of carboxylic acid groups (broad SMARTS) is 1. The van der Waals surface area contributed by atoms with Gasteiger partial charge < -0.3 is 5.11 Å². The van der Waals surface area contributed by atoms with E-state index in [0.29, 0.717) is 0 Å². The summed E-state index contributed by atoms with van der Waals surface area (Å²) in [4.78, 5) is 9.00. The van der Waals surface area contributed by atoms with Crippen LogP contribution in [0.15, 0.2) is 30.3 Å². The van der Waals surface area contributed by atoms with Crippen molar-refractivity contribution < 1.29 is 9.90 Å². The third kappa shape index (κ3) is 12.0. The molecule has 62 valence electrons. The Morgan fingerprint density at radius 2 is 1.58 bits per heavy atom. The molecule has 12 heavy (non-hydrogen) atoms. The van der Waals surface area contributed by atoms with E-state index in [1.54, 1.807) is 0 Å². The first-order chi connectivity index (χ1) is 5.13. The molecule has 0 spiro atoms. The van der Waals surface area contributed by atoms with Crippen molar-refractivity contribution >= 4 is 24.8 Å². The van der Waals surface area contributed by atoms with Crippen LogP contribution in [0.1, 0.15) is 12.5 Å². The first-order valence-corrected chi connectivity index (χ1v) is 3.34. The van der Waals surface area contributed by atoms with Gasteiger partial charge in [0.05, 0.1) is 0 Å². The molecule has 0 aromatic heterocycles. The predicted molar refractivity (Wildman–Crippen MR) is 51.6 cm³/mol. The van der Waals surface area contributed by atoms with Crippen LogP contribution in [0, 0.1) is 6.92 Å². The Morgan fingerprint density at radius 1 is 1.25 bits per heavy atom. The normalized spacial score (nSPS) is 7.17. The molecule has 0 aliphatic carbocycles. The molecule has 3 heteroatoms. The van der Waals surface area contributed by atoms with Crippen molar-refractivity contribution in [2.75, 3.05) is 0 Å². The Bertz CT molecular complexity index is 205. The van der Waals surface area contributed by atoms with Crippen molar-refractivity contribution in [1.82, 2.24) is 0 Å². The van der Waals surface area contributed by atoms with Gasteiger partial charge >= 0.3 is 18.9 Å². The number of benzene rings is 1. The number of hydrogen-bond donors (Lipinski definition) is 1. The second kappa shape index (κ2) is 8.38. The number of rotatable bonds is 0. The summed E-state index contributed by atoms with van der Waals surface area (Å²) in [5, 5.41) is 7.42. The zero-order valence-electron chi connectivity index (χ0n) is 6.74. The Kier molecular flexibility index (Phi) is 9.68. The molecule has 1 rings (SSSR count). The van der Waals surface area contributed by atoms with Gasteiger partial charge in [-0.05, 0) is 6.92 Å². The molecule has 0 atom stereocenters. The molecule has 0 fully saturated rings. The molecule has 1 aromatic carbocycles. The summed E-state index contributed by atoms with van der Waals surface area (Å²) in [5.74, 6) is -0.833. The molecular weight excluding hydrogens is 147 g/mol. The van der Waals surface area contributed by atoms with Crippen LogP contribution in [-0.2, 0) is 4.79 Å². The summed E-state index contributed by atoms with van der Waals surface area (Å²) in [7, 11) is 0. The Hall–Kier alpha value is -0.713. The van der Waals surface area contributed by atoms with Crippen LogP contribution in [0.5, 0.6) is 0 Å². The monoisotopic (exact) mass is 160 g/mol. The van der Waals surface area contributed by atoms with Crippen molar-refractivity contribution in [2.24, 2.45) is 0 Å². The Morgan fingerprint density at radius 3 is 1.75 bits per heavy atom. The van der Waals surface area contributed by atoms with Crippen molar-refractivity contribution in [3.05, 3.63) is 35.9 Å². The number of aryl methyl sites for hydroxylation is 1. The van der Waals surface area contributed by atoms with Gasteiger partial charge in [0.25, 0.3) is 5.97 Å². The zero-order valence-corrected chi connectivity index (χ0v) is 6.74. The molecule has 0 bridgehead atoms. The van der Waals surface area contributed by atoms with Crippen LogP contribution >= 0.6 is 0 Å². The van der Waals surface area contributed by atoms with E-state index >= 15 is 0 Å². The maximum absolute atomic E-state index is 9.00. The van der Waals surface area contributed by atoms with Gasteiger partial charge in [0, 0.05) is 6.92 Å². The van der Waals surface area contributed by atoms with Gasteiger partial charge in [0.15, 0.2) is 0 Å². The number of carbonyl (C=O) groups is 1. The molecule has 1 N–H and O–H groups in total. The molecule has 2 nitrogen and oxygen atoms in total. The molecule has 0 unspecified atom stereocenters. The van der Waals surface area contributed by atoms with Crippen LogP contribution in [0.4, 0.5) is 0 Å². The summed E-state index contributed by atoms with van der Waals surface area (Å²) >= 11 is 0. The third-order valence-electron chi connectivity index (χ3n) is 0.940. The van der Waals surface area contributed by atoms with E-state index in [2.05, 4.69) is 19.1 Å². The van der Waals surface area contributed by atoms with Gasteiger partial charge in [-0.3, -0.25) is 4.79 Å². The van der Waals surface area contributed by atoms with Crippen LogP contribution < -0.4 is 0 Å². The van der Waals surface area contributed by atoms with Crippen molar-refractivity contribution in [3.63, 3.8) is 0 Å². The first kappa shape index (κ1) is 13.8. The fourth-order valence-corrected chi connectivity index (χ4v) is 0.534. The molecule has 1 aromatic rings.